The highest BCUT2D eigenvalue weighted by Gasteiger charge is 2.05. The van der Waals surface area contributed by atoms with Crippen molar-refractivity contribution in [3.05, 3.63) is 42.4 Å². The van der Waals surface area contributed by atoms with Gasteiger partial charge in [0.25, 0.3) is 0 Å². The van der Waals surface area contributed by atoms with Crippen LogP contribution in [0, 0.1) is 0 Å². The molecule has 0 radical (unpaired) electrons. The molecular weight excluding hydrogens is 252 g/mol. The fraction of sp³-hybridized carbons (Fsp3) is 0.357. The van der Waals surface area contributed by atoms with Gasteiger partial charge in [0, 0.05) is 51.2 Å². The molecule has 2 aromatic rings. The molecule has 0 spiro atoms. The van der Waals surface area contributed by atoms with E-state index < -0.39 is 0 Å². The fourth-order valence-electron chi connectivity index (χ4n) is 1.77. The molecule has 6 heteroatoms. The van der Waals surface area contributed by atoms with Crippen molar-refractivity contribution in [1.29, 1.82) is 0 Å². The summed E-state index contributed by atoms with van der Waals surface area (Å²) in [5, 5.41) is 3.08. The lowest BCUT2D eigenvalue weighted by molar-refractivity contribution is 0.835. The van der Waals surface area contributed by atoms with Crippen LogP contribution in [0.3, 0.4) is 0 Å². The zero-order valence-electron chi connectivity index (χ0n) is 11.7. The Morgan fingerprint density at radius 1 is 1.20 bits per heavy atom. The van der Waals surface area contributed by atoms with E-state index in [4.69, 9.17) is 5.73 Å². The van der Waals surface area contributed by atoms with Gasteiger partial charge in [0.15, 0.2) is 0 Å². The largest absolute Gasteiger partial charge is 0.359 e. The van der Waals surface area contributed by atoms with Crippen LogP contribution in [0.2, 0.25) is 0 Å². The van der Waals surface area contributed by atoms with Crippen LogP contribution >= 0.6 is 0 Å². The molecule has 0 unspecified atom stereocenters. The summed E-state index contributed by atoms with van der Waals surface area (Å²) in [5.41, 5.74) is 6.53. The number of rotatable bonds is 7. The molecule has 0 saturated heterocycles. The zero-order chi connectivity index (χ0) is 14.2. The van der Waals surface area contributed by atoms with Gasteiger partial charge in [-0.05, 0) is 18.2 Å². The van der Waals surface area contributed by atoms with E-state index in [0.29, 0.717) is 19.0 Å². The lowest BCUT2D eigenvalue weighted by Crippen LogP contribution is -2.22. The van der Waals surface area contributed by atoms with Crippen molar-refractivity contribution in [3.8, 4) is 0 Å². The zero-order valence-corrected chi connectivity index (χ0v) is 11.7. The monoisotopic (exact) mass is 272 g/mol. The van der Waals surface area contributed by atoms with Crippen LogP contribution in [0.25, 0.3) is 0 Å². The quantitative estimate of drug-likeness (QED) is 0.780. The third-order valence-corrected chi connectivity index (χ3v) is 2.89. The summed E-state index contributed by atoms with van der Waals surface area (Å²) in [6.07, 6.45) is 4.44. The molecule has 2 aromatic heterocycles. The molecule has 0 aromatic carbocycles. The second-order valence-corrected chi connectivity index (χ2v) is 4.45. The fourth-order valence-corrected chi connectivity index (χ4v) is 1.77. The number of nitrogens with two attached hydrogens (primary N) is 1. The predicted molar refractivity (Wildman–Crippen MR) is 80.8 cm³/mol. The summed E-state index contributed by atoms with van der Waals surface area (Å²) in [7, 11) is 2.01. The van der Waals surface area contributed by atoms with Crippen molar-refractivity contribution in [3.63, 3.8) is 0 Å². The van der Waals surface area contributed by atoms with Crippen molar-refractivity contribution in [2.75, 3.05) is 36.9 Å². The molecule has 0 aliphatic carbocycles. The van der Waals surface area contributed by atoms with Gasteiger partial charge in [-0.3, -0.25) is 4.98 Å². The minimum atomic E-state index is 0.559. The summed E-state index contributed by atoms with van der Waals surface area (Å²) in [5.74, 6) is 1.49. The Morgan fingerprint density at radius 3 is 2.85 bits per heavy atom. The van der Waals surface area contributed by atoms with E-state index in [9.17, 15) is 0 Å². The van der Waals surface area contributed by atoms with E-state index in [2.05, 4.69) is 25.2 Å². The molecule has 0 aliphatic heterocycles. The number of hydrogen-bond acceptors (Lipinski definition) is 6. The lowest BCUT2D eigenvalue weighted by atomic mass is 10.2. The molecular formula is C14H20N6. The average Bonchev–Trinajstić information content (AvgIpc) is 2.52. The van der Waals surface area contributed by atoms with Crippen molar-refractivity contribution in [2.45, 2.75) is 6.42 Å². The van der Waals surface area contributed by atoms with E-state index in [1.165, 1.54) is 0 Å². The maximum absolute atomic E-state index is 5.45. The Labute approximate surface area is 119 Å². The summed E-state index contributed by atoms with van der Waals surface area (Å²) >= 11 is 0. The van der Waals surface area contributed by atoms with Crippen molar-refractivity contribution < 1.29 is 0 Å². The van der Waals surface area contributed by atoms with Crippen LogP contribution in [0.5, 0.6) is 0 Å². The van der Waals surface area contributed by atoms with Crippen LogP contribution < -0.4 is 16.0 Å². The molecule has 106 valence electrons. The molecule has 2 rings (SSSR count). The third kappa shape index (κ3) is 4.17. The Kier molecular flexibility index (Phi) is 5.25. The number of aromatic nitrogens is 3. The van der Waals surface area contributed by atoms with Gasteiger partial charge in [-0.15, -0.1) is 0 Å². The molecule has 6 nitrogen and oxygen atoms in total. The molecule has 2 heterocycles. The summed E-state index contributed by atoms with van der Waals surface area (Å²) in [6.45, 7) is 2.08. The maximum atomic E-state index is 5.45. The van der Waals surface area contributed by atoms with E-state index in [-0.39, 0.29) is 0 Å². The van der Waals surface area contributed by atoms with Crippen molar-refractivity contribution in [1.82, 2.24) is 15.0 Å². The normalized spacial score (nSPS) is 10.3. The molecule has 0 atom stereocenters. The Morgan fingerprint density at radius 2 is 2.10 bits per heavy atom. The number of likely N-dealkylation sites (N-methyl/N-ethyl adjacent to an activating group) is 1. The maximum Gasteiger partial charge on any atom is 0.224 e. The van der Waals surface area contributed by atoms with E-state index in [1.54, 1.807) is 6.20 Å². The highest BCUT2D eigenvalue weighted by molar-refractivity contribution is 5.41. The summed E-state index contributed by atoms with van der Waals surface area (Å²) < 4.78 is 0. The molecule has 0 saturated carbocycles. The first-order valence-electron chi connectivity index (χ1n) is 6.67. The van der Waals surface area contributed by atoms with Gasteiger partial charge in [0.2, 0.25) is 5.95 Å². The molecule has 0 bridgehead atoms. The van der Waals surface area contributed by atoms with Crippen LogP contribution in [-0.2, 0) is 6.42 Å². The predicted octanol–water partition coefficient (Wildman–Crippen LogP) is 0.921. The Bertz CT molecular complexity index is 516. The first-order chi connectivity index (χ1) is 9.79. The Balaban J connectivity index is 1.93. The van der Waals surface area contributed by atoms with Crippen LogP contribution in [-0.4, -0.2) is 41.6 Å². The van der Waals surface area contributed by atoms with E-state index >= 15 is 0 Å². The molecule has 3 N–H and O–H groups in total. The molecule has 0 amide bonds. The Hall–Kier alpha value is -2.21. The van der Waals surface area contributed by atoms with Gasteiger partial charge in [-0.2, -0.15) is 4.98 Å². The number of nitrogens with zero attached hydrogens (tertiary/aromatic N) is 4. The second kappa shape index (κ2) is 7.40. The standard InChI is InChI=1S/C14H20N6/c1-20(11-6-12-4-2-3-8-16-12)13-5-9-17-14(19-13)18-10-7-15/h2-5,8-9H,6-7,10-11,15H2,1H3,(H,17,18,19). The smallest absolute Gasteiger partial charge is 0.224 e. The third-order valence-electron chi connectivity index (χ3n) is 2.89. The van der Waals surface area contributed by atoms with Gasteiger partial charge in [-0.25, -0.2) is 4.98 Å². The van der Waals surface area contributed by atoms with Crippen LogP contribution in [0.1, 0.15) is 5.69 Å². The SMILES string of the molecule is CN(CCc1ccccn1)c1ccnc(NCCN)n1. The van der Waals surface area contributed by atoms with Gasteiger partial charge in [-0.1, -0.05) is 6.07 Å². The van der Waals surface area contributed by atoms with Crippen molar-refractivity contribution in [2.24, 2.45) is 5.73 Å². The number of anilines is 2. The highest BCUT2D eigenvalue weighted by atomic mass is 15.2. The average molecular weight is 272 g/mol. The van der Waals surface area contributed by atoms with Crippen LogP contribution in [0.4, 0.5) is 11.8 Å². The first kappa shape index (κ1) is 14.2. The summed E-state index contributed by atoms with van der Waals surface area (Å²) in [6, 6.07) is 7.85. The van der Waals surface area contributed by atoms with Crippen LogP contribution in [0.15, 0.2) is 36.7 Å². The number of nitrogens with one attached hydrogen (secondary N) is 1. The molecule has 0 fully saturated rings. The number of hydrogen-bond donors (Lipinski definition) is 2. The van der Waals surface area contributed by atoms with Gasteiger partial charge < -0.3 is 16.0 Å². The molecule has 20 heavy (non-hydrogen) atoms. The van der Waals surface area contributed by atoms with Gasteiger partial charge in [0.05, 0.1) is 0 Å². The van der Waals surface area contributed by atoms with Gasteiger partial charge >= 0.3 is 0 Å². The van der Waals surface area contributed by atoms with E-state index in [1.807, 2.05) is 37.5 Å². The highest BCUT2D eigenvalue weighted by Crippen LogP contribution is 2.10. The second-order valence-electron chi connectivity index (χ2n) is 4.45. The van der Waals surface area contributed by atoms with Crippen molar-refractivity contribution >= 4 is 11.8 Å². The minimum absolute atomic E-state index is 0.559. The first-order valence-corrected chi connectivity index (χ1v) is 6.67. The topological polar surface area (TPSA) is 80.0 Å². The summed E-state index contributed by atoms with van der Waals surface area (Å²) in [4.78, 5) is 15.0. The number of pyridine rings is 1. The van der Waals surface area contributed by atoms with E-state index in [0.717, 1.165) is 24.5 Å². The van der Waals surface area contributed by atoms with Gasteiger partial charge in [0.1, 0.15) is 5.82 Å². The lowest BCUT2D eigenvalue weighted by Gasteiger charge is -2.18. The molecule has 0 aliphatic rings. The minimum Gasteiger partial charge on any atom is -0.359 e.